The third kappa shape index (κ3) is 5.65. The molecule has 0 saturated carbocycles. The number of aromatic nitrogens is 1. The molecule has 186 valence electrons. The number of sulfone groups is 1. The van der Waals surface area contributed by atoms with Crippen LogP contribution < -0.4 is 10.2 Å². The lowest BCUT2D eigenvalue weighted by atomic mass is 9.98. The average molecular weight is 519 g/mol. The molecular formula is C25H27ClN2O6S. The van der Waals surface area contributed by atoms with E-state index in [1.165, 1.54) is 17.6 Å². The van der Waals surface area contributed by atoms with Crippen LogP contribution >= 0.6 is 12.4 Å². The van der Waals surface area contributed by atoms with Gasteiger partial charge in [0.25, 0.3) is 5.91 Å². The second-order valence-corrected chi connectivity index (χ2v) is 10.3. The fourth-order valence-electron chi connectivity index (χ4n) is 4.10. The Morgan fingerprint density at radius 1 is 1.03 bits per heavy atom. The summed E-state index contributed by atoms with van der Waals surface area (Å²) in [5, 5.41) is 9.15. The molecule has 2 aromatic carbocycles. The Balaban J connectivity index is 0.00000342. The predicted octanol–water partition coefficient (Wildman–Crippen LogP) is 3.62. The van der Waals surface area contributed by atoms with Crippen LogP contribution in [0.4, 0.5) is 0 Å². The molecule has 0 unspecified atom stereocenters. The summed E-state index contributed by atoms with van der Waals surface area (Å²) in [6.07, 6.45) is 4.14. The van der Waals surface area contributed by atoms with Crippen LogP contribution in [0.5, 0.6) is 5.75 Å². The number of nitrogens with one attached hydrogen (secondary N) is 1. The van der Waals surface area contributed by atoms with Crippen LogP contribution in [0, 0.1) is 0 Å². The van der Waals surface area contributed by atoms with E-state index in [0.29, 0.717) is 18.8 Å². The van der Waals surface area contributed by atoms with Gasteiger partial charge in [-0.25, -0.2) is 13.9 Å². The van der Waals surface area contributed by atoms with Gasteiger partial charge in [-0.05, 0) is 65.9 Å². The molecule has 2 N–H and O–H groups in total. The first-order valence-corrected chi connectivity index (χ1v) is 12.4. The number of amides is 1. The molecule has 2 heterocycles. The van der Waals surface area contributed by atoms with E-state index in [0.717, 1.165) is 16.7 Å². The first-order valence-electron chi connectivity index (χ1n) is 11.0. The third-order valence-corrected chi connectivity index (χ3v) is 8.58. The maximum atomic E-state index is 13.3. The molecular weight excluding hydrogens is 492 g/mol. The van der Waals surface area contributed by atoms with Crippen LogP contribution in [0.3, 0.4) is 0 Å². The number of hydrogen-bond donors (Lipinski definition) is 2. The van der Waals surface area contributed by atoms with E-state index in [1.807, 2.05) is 30.3 Å². The fourth-order valence-corrected chi connectivity index (χ4v) is 6.04. The van der Waals surface area contributed by atoms with Crippen LogP contribution in [-0.2, 0) is 25.8 Å². The van der Waals surface area contributed by atoms with Crippen molar-refractivity contribution < 1.29 is 27.9 Å². The quantitative estimate of drug-likeness (QED) is 0.345. The Bertz CT molecular complexity index is 1230. The van der Waals surface area contributed by atoms with Gasteiger partial charge >= 0.3 is 0 Å². The zero-order chi connectivity index (χ0) is 24.0. The highest BCUT2D eigenvalue weighted by Crippen LogP contribution is 2.35. The highest BCUT2D eigenvalue weighted by atomic mass is 35.5. The van der Waals surface area contributed by atoms with Gasteiger partial charge in [0.2, 0.25) is 0 Å². The molecule has 35 heavy (non-hydrogen) atoms. The molecule has 1 aliphatic rings. The van der Waals surface area contributed by atoms with Crippen molar-refractivity contribution in [3.05, 3.63) is 78.6 Å². The number of ether oxygens (including phenoxy) is 2. The summed E-state index contributed by atoms with van der Waals surface area (Å²) < 4.78 is 35.9. The first kappa shape index (κ1) is 26.6. The number of carbonyl (C=O) groups excluding carboxylic acids is 1. The maximum absolute atomic E-state index is 13.3. The van der Waals surface area contributed by atoms with E-state index in [9.17, 15) is 13.2 Å². The number of hydrogen-bond acceptors (Lipinski definition) is 7. The largest absolute Gasteiger partial charge is 0.493 e. The van der Waals surface area contributed by atoms with Gasteiger partial charge in [0, 0.05) is 32.0 Å². The zero-order valence-electron chi connectivity index (χ0n) is 18.9. The predicted molar refractivity (Wildman–Crippen MR) is 132 cm³/mol. The SMILES string of the molecule is Cl.O=C(NO)C1(S(=O)(=O)c2ccc(OCCc3cccc(-c4ccncc4)c3)cc2)CCOCC1. The average Bonchev–Trinajstić information content (AvgIpc) is 2.89. The second kappa shape index (κ2) is 11.6. The van der Waals surface area contributed by atoms with Crippen molar-refractivity contribution in [2.45, 2.75) is 28.9 Å². The number of nitrogens with zero attached hydrogens (tertiary/aromatic N) is 1. The number of hydroxylamine groups is 1. The van der Waals surface area contributed by atoms with E-state index in [4.69, 9.17) is 14.7 Å². The molecule has 0 radical (unpaired) electrons. The van der Waals surface area contributed by atoms with Crippen LogP contribution in [0.1, 0.15) is 18.4 Å². The molecule has 0 spiro atoms. The topological polar surface area (TPSA) is 115 Å². The molecule has 1 saturated heterocycles. The van der Waals surface area contributed by atoms with Gasteiger partial charge in [-0.2, -0.15) is 0 Å². The molecule has 3 aromatic rings. The van der Waals surface area contributed by atoms with Gasteiger partial charge in [0.15, 0.2) is 14.6 Å². The summed E-state index contributed by atoms with van der Waals surface area (Å²) >= 11 is 0. The highest BCUT2D eigenvalue weighted by molar-refractivity contribution is 7.93. The van der Waals surface area contributed by atoms with Crippen molar-refractivity contribution in [3.63, 3.8) is 0 Å². The molecule has 0 aliphatic carbocycles. The normalized spacial score (nSPS) is 15.0. The van der Waals surface area contributed by atoms with Gasteiger partial charge in [-0.15, -0.1) is 12.4 Å². The van der Waals surface area contributed by atoms with Crippen molar-refractivity contribution in [3.8, 4) is 16.9 Å². The third-order valence-electron chi connectivity index (χ3n) is 6.06. The zero-order valence-corrected chi connectivity index (χ0v) is 20.6. The van der Waals surface area contributed by atoms with Gasteiger partial charge in [-0.3, -0.25) is 15.0 Å². The van der Waals surface area contributed by atoms with Crippen molar-refractivity contribution in [1.82, 2.24) is 10.5 Å². The van der Waals surface area contributed by atoms with E-state index in [1.54, 1.807) is 24.5 Å². The Morgan fingerprint density at radius 3 is 2.37 bits per heavy atom. The summed E-state index contributed by atoms with van der Waals surface area (Å²) in [5.74, 6) is -0.415. The van der Waals surface area contributed by atoms with E-state index in [2.05, 4.69) is 11.1 Å². The Kier molecular flexibility index (Phi) is 8.85. The fraction of sp³-hybridized carbons (Fsp3) is 0.280. The second-order valence-electron chi connectivity index (χ2n) is 8.06. The highest BCUT2D eigenvalue weighted by Gasteiger charge is 2.52. The number of pyridine rings is 1. The summed E-state index contributed by atoms with van der Waals surface area (Å²) in [4.78, 5) is 16.4. The Labute approximate surface area is 210 Å². The monoisotopic (exact) mass is 518 g/mol. The number of carbonyl (C=O) groups is 1. The van der Waals surface area contributed by atoms with Crippen LogP contribution in [0.2, 0.25) is 0 Å². The van der Waals surface area contributed by atoms with Crippen LogP contribution in [-0.4, -0.2) is 49.1 Å². The number of benzene rings is 2. The molecule has 1 aromatic heterocycles. The molecule has 10 heteroatoms. The van der Waals surface area contributed by atoms with Gasteiger partial charge in [0.1, 0.15) is 5.75 Å². The minimum atomic E-state index is -4.06. The molecule has 8 nitrogen and oxygen atoms in total. The lowest BCUT2D eigenvalue weighted by molar-refractivity contribution is -0.134. The van der Waals surface area contributed by atoms with Gasteiger partial charge in [0.05, 0.1) is 11.5 Å². The van der Waals surface area contributed by atoms with Crippen LogP contribution in [0.25, 0.3) is 11.1 Å². The molecule has 1 fully saturated rings. The smallest absolute Gasteiger partial charge is 0.265 e. The van der Waals surface area contributed by atoms with Crippen LogP contribution in [0.15, 0.2) is 78.0 Å². The molecule has 0 atom stereocenters. The standard InChI is InChI=1S/C25H26N2O6S.ClH/c28-24(27-29)25(11-16-32-17-12-25)34(30,31)23-6-4-22(5-7-23)33-15-10-19-2-1-3-21(18-19)20-8-13-26-14-9-20;/h1-9,13-14,18,29H,10-12,15-17H2,(H,27,28);1H. The minimum absolute atomic E-state index is 0. The lowest BCUT2D eigenvalue weighted by Gasteiger charge is -2.34. The minimum Gasteiger partial charge on any atom is -0.493 e. The summed E-state index contributed by atoms with van der Waals surface area (Å²) in [5.41, 5.74) is 4.82. The summed E-state index contributed by atoms with van der Waals surface area (Å²) in [7, 11) is -4.06. The van der Waals surface area contributed by atoms with E-state index in [-0.39, 0.29) is 43.4 Å². The van der Waals surface area contributed by atoms with E-state index >= 15 is 0 Å². The lowest BCUT2D eigenvalue weighted by Crippen LogP contribution is -2.54. The molecule has 0 bridgehead atoms. The molecule has 4 rings (SSSR count). The first-order chi connectivity index (χ1) is 16.5. The maximum Gasteiger partial charge on any atom is 0.265 e. The summed E-state index contributed by atoms with van der Waals surface area (Å²) in [6.45, 7) is 0.659. The van der Waals surface area contributed by atoms with Gasteiger partial charge in [-0.1, -0.05) is 24.3 Å². The van der Waals surface area contributed by atoms with Gasteiger partial charge < -0.3 is 9.47 Å². The van der Waals surface area contributed by atoms with E-state index < -0.39 is 20.5 Å². The summed E-state index contributed by atoms with van der Waals surface area (Å²) in [6, 6.07) is 18.1. The molecule has 1 aliphatic heterocycles. The van der Waals surface area contributed by atoms with Crippen molar-refractivity contribution in [2.75, 3.05) is 19.8 Å². The molecule has 1 amide bonds. The number of rotatable bonds is 8. The number of halogens is 1. The Morgan fingerprint density at radius 2 is 1.71 bits per heavy atom. The van der Waals surface area contributed by atoms with Crippen molar-refractivity contribution in [1.29, 1.82) is 0 Å². The van der Waals surface area contributed by atoms with Crippen molar-refractivity contribution in [2.24, 2.45) is 0 Å². The Hall–Kier alpha value is -2.98. The van der Waals surface area contributed by atoms with Crippen molar-refractivity contribution >= 4 is 28.2 Å².